The van der Waals surface area contributed by atoms with Crippen LogP contribution >= 0.6 is 11.8 Å². The standard InChI is InChI=1S/C41H57N5O6S/c1-9-17-49-18-16-45(7)31-13-11-30(12-14-31)41(6)51-37-28(5)32(39(47)43-22-34-35(53-8)19-25(2)44-40(34)48)20-33(38(37)52-41)29-10-15-36(42-21-29)46-23-26(3)50-27(4)24-46/h10,15,19-21,26-27,30-31H,9,11-14,16-18,22-24H2,1-8H3,(H,43,47)(H,44,48)/t26-,27+,30-,31-,41?. The quantitative estimate of drug-likeness (QED) is 0.144. The lowest BCUT2D eigenvalue weighted by molar-refractivity contribution is -0.123. The van der Waals surface area contributed by atoms with Crippen LogP contribution in [0.1, 0.15) is 87.0 Å². The third kappa shape index (κ3) is 8.71. The number of nitrogens with one attached hydrogen (secondary N) is 2. The number of aromatic amines is 1. The molecule has 1 amide bonds. The average molecular weight is 748 g/mol. The Hall–Kier alpha value is -3.58. The molecule has 288 valence electrons. The number of aromatic nitrogens is 2. The molecule has 3 aliphatic rings. The van der Waals surface area contributed by atoms with Crippen LogP contribution in [0.15, 0.2) is 40.2 Å². The van der Waals surface area contributed by atoms with E-state index in [0.717, 1.165) is 92.5 Å². The Morgan fingerprint density at radius 3 is 2.47 bits per heavy atom. The van der Waals surface area contributed by atoms with E-state index in [2.05, 4.69) is 47.9 Å². The number of fused-ring (bicyclic) bond motifs is 1. The number of amides is 1. The molecular formula is C41H57N5O6S. The molecule has 2 fully saturated rings. The zero-order valence-corrected chi connectivity index (χ0v) is 33.5. The molecule has 6 rings (SSSR count). The van der Waals surface area contributed by atoms with Crippen molar-refractivity contribution in [1.29, 1.82) is 0 Å². The van der Waals surface area contributed by atoms with Gasteiger partial charge in [-0.1, -0.05) is 6.92 Å². The minimum atomic E-state index is -0.888. The van der Waals surface area contributed by atoms with Crippen molar-refractivity contribution in [2.24, 2.45) is 5.92 Å². The summed E-state index contributed by atoms with van der Waals surface area (Å²) < 4.78 is 25.4. The lowest BCUT2D eigenvalue weighted by Gasteiger charge is -2.40. The maximum Gasteiger partial charge on any atom is 0.254 e. The number of hydrogen-bond donors (Lipinski definition) is 2. The minimum absolute atomic E-state index is 0.0978. The van der Waals surface area contributed by atoms with Crippen molar-refractivity contribution < 1.29 is 23.7 Å². The highest BCUT2D eigenvalue weighted by atomic mass is 32.2. The number of hydrogen-bond acceptors (Lipinski definition) is 10. The molecule has 3 atom stereocenters. The summed E-state index contributed by atoms with van der Waals surface area (Å²) in [5.74, 6) is 1.09. The molecule has 2 N–H and O–H groups in total. The fourth-order valence-electron chi connectivity index (χ4n) is 8.08. The second-order valence-corrected chi connectivity index (χ2v) is 16.0. The Morgan fingerprint density at radius 1 is 1.09 bits per heavy atom. The molecule has 1 aliphatic carbocycles. The highest BCUT2D eigenvalue weighted by molar-refractivity contribution is 7.98. The number of likely N-dealkylation sites (N-methyl/N-ethyl adjacent to an activating group) is 1. The van der Waals surface area contributed by atoms with Crippen LogP contribution in [0.2, 0.25) is 0 Å². The summed E-state index contributed by atoms with van der Waals surface area (Å²) in [7, 11) is 2.19. The fraction of sp³-hybridized carbons (Fsp3) is 0.585. The number of nitrogens with zero attached hydrogens (tertiary/aromatic N) is 3. The van der Waals surface area contributed by atoms with Crippen LogP contribution in [0.3, 0.4) is 0 Å². The first-order chi connectivity index (χ1) is 25.4. The Labute approximate surface area is 318 Å². The number of pyridine rings is 2. The summed E-state index contributed by atoms with van der Waals surface area (Å²) in [6, 6.07) is 8.38. The van der Waals surface area contributed by atoms with Gasteiger partial charge in [-0.05, 0) is 97.4 Å². The van der Waals surface area contributed by atoms with Crippen molar-refractivity contribution in [1.82, 2.24) is 20.2 Å². The highest BCUT2D eigenvalue weighted by Crippen LogP contribution is 2.53. The van der Waals surface area contributed by atoms with Crippen molar-refractivity contribution >= 4 is 23.5 Å². The highest BCUT2D eigenvalue weighted by Gasteiger charge is 2.48. The second kappa shape index (κ2) is 16.8. The third-order valence-corrected chi connectivity index (χ3v) is 11.8. The molecular weight excluding hydrogens is 691 g/mol. The summed E-state index contributed by atoms with van der Waals surface area (Å²) in [4.78, 5) is 40.2. The van der Waals surface area contributed by atoms with Crippen LogP contribution in [-0.4, -0.2) is 91.0 Å². The van der Waals surface area contributed by atoms with E-state index in [1.54, 1.807) is 0 Å². The number of aryl methyl sites for hydroxylation is 1. The molecule has 1 unspecified atom stereocenters. The van der Waals surface area contributed by atoms with Gasteiger partial charge in [0.15, 0.2) is 11.5 Å². The molecule has 0 spiro atoms. The molecule has 1 aromatic carbocycles. The molecule has 0 radical (unpaired) electrons. The van der Waals surface area contributed by atoms with E-state index in [9.17, 15) is 9.59 Å². The van der Waals surface area contributed by atoms with Gasteiger partial charge < -0.3 is 39.0 Å². The van der Waals surface area contributed by atoms with Crippen LogP contribution in [0.5, 0.6) is 11.5 Å². The summed E-state index contributed by atoms with van der Waals surface area (Å²) in [5, 5.41) is 3.03. The van der Waals surface area contributed by atoms with Gasteiger partial charge in [-0.3, -0.25) is 9.59 Å². The van der Waals surface area contributed by atoms with Crippen molar-refractivity contribution in [3.8, 4) is 22.6 Å². The Bertz CT molecular complexity index is 1800. The predicted molar refractivity (Wildman–Crippen MR) is 211 cm³/mol. The van der Waals surface area contributed by atoms with Gasteiger partial charge in [0.05, 0.1) is 18.8 Å². The SMILES string of the molecule is CCCOCCN(C)[C@H]1CC[C@H](C2(C)Oc3c(-c4ccc(N5C[C@@H](C)O[C@@H](C)C5)nc4)cc(C(=O)NCc4c(SC)cc(C)[nH]c4=O)c(C)c3O2)CC1. The summed E-state index contributed by atoms with van der Waals surface area (Å²) >= 11 is 1.49. The van der Waals surface area contributed by atoms with E-state index >= 15 is 0 Å². The molecule has 2 aromatic heterocycles. The van der Waals surface area contributed by atoms with Gasteiger partial charge in [-0.15, -0.1) is 11.8 Å². The molecule has 12 heteroatoms. The number of anilines is 1. The first-order valence-electron chi connectivity index (χ1n) is 19.2. The van der Waals surface area contributed by atoms with Gasteiger partial charge in [0.1, 0.15) is 5.82 Å². The van der Waals surface area contributed by atoms with Crippen LogP contribution < -0.4 is 25.2 Å². The average Bonchev–Trinajstić information content (AvgIpc) is 3.51. The Balaban J connectivity index is 1.27. The molecule has 53 heavy (non-hydrogen) atoms. The van der Waals surface area contributed by atoms with Gasteiger partial charge >= 0.3 is 0 Å². The first kappa shape index (κ1) is 39.1. The molecule has 0 bridgehead atoms. The molecule has 4 heterocycles. The first-order valence-corrected chi connectivity index (χ1v) is 20.4. The van der Waals surface area contributed by atoms with E-state index in [1.807, 2.05) is 57.5 Å². The zero-order valence-electron chi connectivity index (χ0n) is 32.7. The van der Waals surface area contributed by atoms with Crippen LogP contribution in [0.4, 0.5) is 5.82 Å². The van der Waals surface area contributed by atoms with Crippen LogP contribution in [0.25, 0.3) is 11.1 Å². The van der Waals surface area contributed by atoms with Crippen molar-refractivity contribution in [3.63, 3.8) is 0 Å². The number of thioether (sulfide) groups is 1. The summed E-state index contributed by atoms with van der Waals surface area (Å²) in [6.07, 6.45) is 9.07. The smallest absolute Gasteiger partial charge is 0.254 e. The lowest BCUT2D eigenvalue weighted by atomic mass is 9.81. The number of carbonyl (C=O) groups is 1. The van der Waals surface area contributed by atoms with E-state index in [0.29, 0.717) is 34.2 Å². The van der Waals surface area contributed by atoms with Crippen molar-refractivity contribution in [2.75, 3.05) is 51.1 Å². The number of H-pyrrole nitrogens is 1. The third-order valence-electron chi connectivity index (χ3n) is 11.0. The number of morpholine rings is 1. The molecule has 1 saturated carbocycles. The molecule has 11 nitrogen and oxygen atoms in total. The summed E-state index contributed by atoms with van der Waals surface area (Å²) in [5.41, 5.74) is 3.87. The van der Waals surface area contributed by atoms with E-state index in [-0.39, 0.29) is 36.1 Å². The van der Waals surface area contributed by atoms with Crippen molar-refractivity contribution in [2.45, 2.75) is 109 Å². The van der Waals surface area contributed by atoms with Crippen LogP contribution in [0, 0.1) is 19.8 Å². The topological polar surface area (TPSA) is 118 Å². The van der Waals surface area contributed by atoms with E-state index in [4.69, 9.17) is 23.9 Å². The van der Waals surface area contributed by atoms with Gasteiger partial charge in [0.2, 0.25) is 0 Å². The minimum Gasteiger partial charge on any atom is -0.448 e. The van der Waals surface area contributed by atoms with Crippen LogP contribution in [-0.2, 0) is 16.0 Å². The largest absolute Gasteiger partial charge is 0.448 e. The van der Waals surface area contributed by atoms with Gasteiger partial charge in [-0.2, -0.15) is 0 Å². The van der Waals surface area contributed by atoms with E-state index in [1.165, 1.54) is 11.8 Å². The fourth-order valence-corrected chi connectivity index (χ4v) is 8.78. The monoisotopic (exact) mass is 747 g/mol. The number of ether oxygens (including phenoxy) is 4. The van der Waals surface area contributed by atoms with Gasteiger partial charge in [0.25, 0.3) is 17.3 Å². The maximum atomic E-state index is 14.0. The zero-order chi connectivity index (χ0) is 37.9. The van der Waals surface area contributed by atoms with Gasteiger partial charge in [-0.25, -0.2) is 4.98 Å². The molecule has 1 saturated heterocycles. The molecule has 2 aliphatic heterocycles. The number of rotatable bonds is 13. The number of benzene rings is 1. The van der Waals surface area contributed by atoms with Crippen molar-refractivity contribution in [3.05, 3.63) is 63.2 Å². The number of carbonyl (C=O) groups excluding carboxylic acids is 1. The predicted octanol–water partition coefficient (Wildman–Crippen LogP) is 6.72. The summed E-state index contributed by atoms with van der Waals surface area (Å²) in [6.45, 7) is 16.2. The molecule has 3 aromatic rings. The Kier molecular flexibility index (Phi) is 12.4. The lowest BCUT2D eigenvalue weighted by Crippen LogP contribution is -2.47. The second-order valence-electron chi connectivity index (χ2n) is 15.2. The van der Waals surface area contributed by atoms with Gasteiger partial charge in [0, 0.05) is 96.3 Å². The maximum absolute atomic E-state index is 14.0. The normalized spacial score (nSPS) is 24.1. The van der Waals surface area contributed by atoms with E-state index < -0.39 is 5.79 Å². The Morgan fingerprint density at radius 2 is 1.81 bits per heavy atom.